The van der Waals surface area contributed by atoms with E-state index in [1.165, 1.54) is 28.4 Å². The molecule has 0 aromatic heterocycles. The van der Waals surface area contributed by atoms with Crippen LogP contribution in [0, 0.1) is 11.8 Å². The van der Waals surface area contributed by atoms with Crippen molar-refractivity contribution in [3.8, 4) is 0 Å². The number of halogens is 1. The monoisotopic (exact) mass is 474 g/mol. The van der Waals surface area contributed by atoms with Gasteiger partial charge in [-0.25, -0.2) is 8.42 Å². The third-order valence-electron chi connectivity index (χ3n) is 6.86. The lowest BCUT2D eigenvalue weighted by molar-refractivity contribution is -0.138. The number of benzene rings is 2. The van der Waals surface area contributed by atoms with Crippen molar-refractivity contribution >= 4 is 27.5 Å². The molecule has 1 amide bonds. The van der Waals surface area contributed by atoms with Crippen molar-refractivity contribution in [3.05, 3.63) is 65.2 Å². The normalized spacial score (nSPS) is 19.2. The van der Waals surface area contributed by atoms with Crippen LogP contribution in [-0.2, 0) is 21.2 Å². The molecule has 2 saturated heterocycles. The maximum absolute atomic E-state index is 13.0. The highest BCUT2D eigenvalue weighted by Gasteiger charge is 2.34. The SMILES string of the molecule is O=C(C1CCN(S(=O)(=O)c2ccc(Cl)cc2)CC1)N1CCC(CCc2ccccc2)CC1. The Bertz CT molecular complexity index is 995. The lowest BCUT2D eigenvalue weighted by atomic mass is 9.89. The van der Waals surface area contributed by atoms with E-state index in [0.29, 0.717) is 36.9 Å². The minimum absolute atomic E-state index is 0.0764. The van der Waals surface area contributed by atoms with Crippen molar-refractivity contribution in [2.75, 3.05) is 26.2 Å². The molecule has 0 unspecified atom stereocenters. The Morgan fingerprint density at radius 1 is 0.875 bits per heavy atom. The molecule has 0 saturated carbocycles. The van der Waals surface area contributed by atoms with E-state index in [4.69, 9.17) is 11.6 Å². The summed E-state index contributed by atoms with van der Waals surface area (Å²) in [6.07, 6.45) is 5.55. The van der Waals surface area contributed by atoms with E-state index in [1.54, 1.807) is 12.1 Å². The van der Waals surface area contributed by atoms with Crippen molar-refractivity contribution in [1.82, 2.24) is 9.21 Å². The number of sulfonamides is 1. The third-order valence-corrected chi connectivity index (χ3v) is 9.03. The predicted molar refractivity (Wildman–Crippen MR) is 127 cm³/mol. The van der Waals surface area contributed by atoms with Gasteiger partial charge in [0.05, 0.1) is 4.90 Å². The standard InChI is InChI=1S/C25H31ClN2O3S/c26-23-8-10-24(11-9-23)32(30,31)28-18-14-22(15-19-28)25(29)27-16-12-21(13-17-27)7-6-20-4-2-1-3-5-20/h1-5,8-11,21-22H,6-7,12-19H2. The van der Waals surface area contributed by atoms with Gasteiger partial charge in [0.1, 0.15) is 0 Å². The molecule has 5 nitrogen and oxygen atoms in total. The molecule has 0 N–H and O–H groups in total. The minimum atomic E-state index is -3.54. The highest BCUT2D eigenvalue weighted by molar-refractivity contribution is 7.89. The number of likely N-dealkylation sites (tertiary alicyclic amines) is 1. The van der Waals surface area contributed by atoms with Crippen molar-refractivity contribution < 1.29 is 13.2 Å². The van der Waals surface area contributed by atoms with Crippen LogP contribution in [0.2, 0.25) is 5.02 Å². The number of nitrogens with zero attached hydrogens (tertiary/aromatic N) is 2. The number of carbonyl (C=O) groups excluding carboxylic acids is 1. The summed E-state index contributed by atoms with van der Waals surface area (Å²) in [6, 6.07) is 16.8. The molecule has 2 aromatic carbocycles. The first kappa shape index (κ1) is 23.3. The van der Waals surface area contributed by atoms with Crippen molar-refractivity contribution in [3.63, 3.8) is 0 Å². The third kappa shape index (κ3) is 5.53. The first-order chi connectivity index (χ1) is 15.4. The largest absolute Gasteiger partial charge is 0.342 e. The topological polar surface area (TPSA) is 57.7 Å². The van der Waals surface area contributed by atoms with Gasteiger partial charge in [0.2, 0.25) is 15.9 Å². The Kier molecular flexibility index (Phi) is 7.54. The molecule has 2 heterocycles. The van der Waals surface area contributed by atoms with Crippen LogP contribution in [0.3, 0.4) is 0 Å². The average molecular weight is 475 g/mol. The van der Waals surface area contributed by atoms with E-state index in [2.05, 4.69) is 24.3 Å². The fourth-order valence-corrected chi connectivity index (χ4v) is 6.41. The van der Waals surface area contributed by atoms with Crippen molar-refractivity contribution in [1.29, 1.82) is 0 Å². The van der Waals surface area contributed by atoms with Gasteiger partial charge in [-0.05, 0) is 74.3 Å². The molecule has 2 fully saturated rings. The van der Waals surface area contributed by atoms with Gasteiger partial charge in [0.25, 0.3) is 0 Å². The predicted octanol–water partition coefficient (Wildman–Crippen LogP) is 4.61. The molecule has 2 aromatic rings. The van der Waals surface area contributed by atoms with Gasteiger partial charge < -0.3 is 4.90 Å². The zero-order valence-electron chi connectivity index (χ0n) is 18.3. The first-order valence-electron chi connectivity index (χ1n) is 11.5. The molecule has 7 heteroatoms. The summed E-state index contributed by atoms with van der Waals surface area (Å²) < 4.78 is 27.2. The first-order valence-corrected chi connectivity index (χ1v) is 13.3. The molecule has 0 atom stereocenters. The number of rotatable bonds is 6. The number of aryl methyl sites for hydroxylation is 1. The second-order valence-corrected chi connectivity index (χ2v) is 11.3. The Morgan fingerprint density at radius 2 is 1.50 bits per heavy atom. The molecule has 172 valence electrons. The molecule has 0 aliphatic carbocycles. The van der Waals surface area contributed by atoms with Gasteiger partial charge in [-0.3, -0.25) is 4.79 Å². The average Bonchev–Trinajstić information content (AvgIpc) is 2.84. The van der Waals surface area contributed by atoms with E-state index in [0.717, 1.165) is 32.4 Å². The Hall–Kier alpha value is -1.89. The van der Waals surface area contributed by atoms with Crippen LogP contribution < -0.4 is 0 Å². The summed E-state index contributed by atoms with van der Waals surface area (Å²) in [7, 11) is -3.54. The maximum Gasteiger partial charge on any atom is 0.243 e. The van der Waals surface area contributed by atoms with Crippen LogP contribution in [0.1, 0.15) is 37.7 Å². The van der Waals surface area contributed by atoms with Crippen LogP contribution in [0.4, 0.5) is 0 Å². The molecule has 0 spiro atoms. The molecule has 2 aliphatic rings. The molecule has 32 heavy (non-hydrogen) atoms. The minimum Gasteiger partial charge on any atom is -0.342 e. The van der Waals surface area contributed by atoms with Gasteiger partial charge >= 0.3 is 0 Å². The number of carbonyl (C=O) groups is 1. The summed E-state index contributed by atoms with van der Waals surface area (Å²) in [5.74, 6) is 0.799. The van der Waals surface area contributed by atoms with Crippen LogP contribution in [0.15, 0.2) is 59.5 Å². The van der Waals surface area contributed by atoms with E-state index in [9.17, 15) is 13.2 Å². The van der Waals surface area contributed by atoms with Gasteiger partial charge in [-0.2, -0.15) is 4.31 Å². The quantitative estimate of drug-likeness (QED) is 0.614. The molecule has 2 aliphatic heterocycles. The molecular formula is C25H31ClN2O3S. The molecular weight excluding hydrogens is 444 g/mol. The molecule has 4 rings (SSSR count). The van der Waals surface area contributed by atoms with Crippen molar-refractivity contribution in [2.24, 2.45) is 11.8 Å². The Morgan fingerprint density at radius 3 is 2.12 bits per heavy atom. The van der Waals surface area contributed by atoms with Gasteiger partial charge in [0, 0.05) is 37.1 Å². The maximum atomic E-state index is 13.0. The van der Waals surface area contributed by atoms with Crippen LogP contribution in [-0.4, -0.2) is 49.7 Å². The number of amides is 1. The van der Waals surface area contributed by atoms with E-state index >= 15 is 0 Å². The van der Waals surface area contributed by atoms with Crippen molar-refractivity contribution in [2.45, 2.75) is 43.4 Å². The second kappa shape index (κ2) is 10.4. The molecule has 0 radical (unpaired) electrons. The van der Waals surface area contributed by atoms with E-state index in [-0.39, 0.29) is 16.7 Å². The zero-order chi connectivity index (χ0) is 22.6. The number of piperidine rings is 2. The highest BCUT2D eigenvalue weighted by Crippen LogP contribution is 2.28. The number of hydrogen-bond donors (Lipinski definition) is 0. The summed E-state index contributed by atoms with van der Waals surface area (Å²) in [5.41, 5.74) is 1.38. The van der Waals surface area contributed by atoms with E-state index < -0.39 is 10.0 Å². The molecule has 0 bridgehead atoms. The summed E-state index contributed by atoms with van der Waals surface area (Å²) in [5, 5.41) is 0.511. The highest BCUT2D eigenvalue weighted by atomic mass is 35.5. The summed E-state index contributed by atoms with van der Waals surface area (Å²) in [4.78, 5) is 15.3. The summed E-state index contributed by atoms with van der Waals surface area (Å²) in [6.45, 7) is 2.41. The lowest BCUT2D eigenvalue weighted by Gasteiger charge is -2.37. The summed E-state index contributed by atoms with van der Waals surface area (Å²) >= 11 is 5.88. The van der Waals surface area contributed by atoms with Crippen LogP contribution in [0.5, 0.6) is 0 Å². The van der Waals surface area contributed by atoms with Gasteiger partial charge in [-0.1, -0.05) is 41.9 Å². The Balaban J connectivity index is 1.24. The smallest absolute Gasteiger partial charge is 0.243 e. The number of hydrogen-bond acceptors (Lipinski definition) is 3. The Labute approximate surface area is 196 Å². The lowest BCUT2D eigenvalue weighted by Crippen LogP contribution is -2.46. The second-order valence-electron chi connectivity index (χ2n) is 8.93. The van der Waals surface area contributed by atoms with E-state index in [1.807, 2.05) is 11.0 Å². The zero-order valence-corrected chi connectivity index (χ0v) is 19.9. The van der Waals surface area contributed by atoms with Crippen LogP contribution >= 0.6 is 11.6 Å². The van der Waals surface area contributed by atoms with Gasteiger partial charge in [0.15, 0.2) is 0 Å². The fraction of sp³-hybridized carbons (Fsp3) is 0.480. The van der Waals surface area contributed by atoms with Crippen LogP contribution in [0.25, 0.3) is 0 Å². The fourth-order valence-electron chi connectivity index (χ4n) is 4.81. The van der Waals surface area contributed by atoms with Gasteiger partial charge in [-0.15, -0.1) is 0 Å².